The first-order chi connectivity index (χ1) is 19.2. The number of Topliss-reactive ketones (excluding diaryl/α,β-unsaturated/α-hetero) is 1. The fourth-order valence-electron chi connectivity index (χ4n) is 4.38. The van der Waals surface area contributed by atoms with Crippen molar-refractivity contribution < 1.29 is 22.7 Å². The highest BCUT2D eigenvalue weighted by Crippen LogP contribution is 2.30. The standard InChI is InChI=1S/C31H23ClF3N3O2/c1-20-6-12-23(32)18-28(20)26-4-2-3-5-27(26)29(39)17-9-21-7-10-22(11-8-21)30-36-19-38(37-30)24-13-15-25(16-14-24)40-31(33,34)35/h2-8,10-16,18-19H,9,17H2,1H3. The van der Waals surface area contributed by atoms with Crippen molar-refractivity contribution in [2.75, 3.05) is 0 Å². The summed E-state index contributed by atoms with van der Waals surface area (Å²) in [4.78, 5) is 17.5. The lowest BCUT2D eigenvalue weighted by molar-refractivity contribution is -0.274. The number of nitrogens with zero attached hydrogens (tertiary/aromatic N) is 3. The second kappa shape index (κ2) is 11.4. The highest BCUT2D eigenvalue weighted by atomic mass is 35.5. The molecule has 5 rings (SSSR count). The number of hydrogen-bond donors (Lipinski definition) is 0. The molecule has 0 amide bonds. The van der Waals surface area contributed by atoms with E-state index in [1.165, 1.54) is 35.3 Å². The minimum Gasteiger partial charge on any atom is -0.406 e. The van der Waals surface area contributed by atoms with Crippen molar-refractivity contribution in [3.8, 4) is 34.0 Å². The van der Waals surface area contributed by atoms with Crippen molar-refractivity contribution in [1.29, 1.82) is 0 Å². The average Bonchev–Trinajstić information content (AvgIpc) is 3.43. The Morgan fingerprint density at radius 2 is 1.65 bits per heavy atom. The first-order valence-corrected chi connectivity index (χ1v) is 12.8. The van der Waals surface area contributed by atoms with Crippen LogP contribution in [0.1, 0.15) is 27.9 Å². The predicted molar refractivity (Wildman–Crippen MR) is 148 cm³/mol. The zero-order valence-corrected chi connectivity index (χ0v) is 22.1. The minimum atomic E-state index is -4.75. The number of aryl methyl sites for hydroxylation is 2. The van der Waals surface area contributed by atoms with Crippen LogP contribution in [-0.4, -0.2) is 26.9 Å². The van der Waals surface area contributed by atoms with Crippen molar-refractivity contribution in [2.24, 2.45) is 0 Å². The van der Waals surface area contributed by atoms with Gasteiger partial charge in [-0.2, -0.15) is 0 Å². The number of aromatic nitrogens is 3. The van der Waals surface area contributed by atoms with Gasteiger partial charge in [-0.15, -0.1) is 18.3 Å². The van der Waals surface area contributed by atoms with Gasteiger partial charge in [-0.3, -0.25) is 4.79 Å². The number of rotatable bonds is 8. The number of ketones is 1. The fraction of sp³-hybridized carbons (Fsp3) is 0.129. The molecule has 0 aliphatic carbocycles. The molecule has 202 valence electrons. The van der Waals surface area contributed by atoms with E-state index in [9.17, 15) is 18.0 Å². The number of hydrogen-bond acceptors (Lipinski definition) is 4. The van der Waals surface area contributed by atoms with Crippen molar-refractivity contribution in [1.82, 2.24) is 14.8 Å². The third-order valence-corrected chi connectivity index (χ3v) is 6.63. The van der Waals surface area contributed by atoms with Gasteiger partial charge in [0.25, 0.3) is 0 Å². The second-order valence-electron chi connectivity index (χ2n) is 9.18. The van der Waals surface area contributed by atoms with Crippen LogP contribution in [-0.2, 0) is 6.42 Å². The minimum absolute atomic E-state index is 0.0473. The lowest BCUT2D eigenvalue weighted by Crippen LogP contribution is -2.17. The van der Waals surface area contributed by atoms with Crippen LogP contribution in [0.3, 0.4) is 0 Å². The maximum atomic E-state index is 13.2. The highest BCUT2D eigenvalue weighted by molar-refractivity contribution is 6.31. The summed E-state index contributed by atoms with van der Waals surface area (Å²) in [7, 11) is 0. The molecule has 0 fully saturated rings. The predicted octanol–water partition coefficient (Wildman–Crippen LogP) is 8.28. The first kappa shape index (κ1) is 27.1. The summed E-state index contributed by atoms with van der Waals surface area (Å²) in [5.74, 6) is 0.198. The maximum Gasteiger partial charge on any atom is 0.573 e. The summed E-state index contributed by atoms with van der Waals surface area (Å²) < 4.78 is 42.5. The van der Waals surface area contributed by atoms with Crippen molar-refractivity contribution in [3.05, 3.63) is 119 Å². The third kappa shape index (κ3) is 6.40. The number of halogens is 4. The Balaban J connectivity index is 1.25. The van der Waals surface area contributed by atoms with Crippen LogP contribution in [0.4, 0.5) is 13.2 Å². The Labute approximate surface area is 233 Å². The van der Waals surface area contributed by atoms with E-state index in [4.69, 9.17) is 11.6 Å². The van der Waals surface area contributed by atoms with E-state index in [1.54, 1.807) is 0 Å². The van der Waals surface area contributed by atoms with E-state index in [0.717, 1.165) is 27.8 Å². The van der Waals surface area contributed by atoms with Gasteiger partial charge in [0, 0.05) is 22.6 Å². The molecule has 1 heterocycles. The van der Waals surface area contributed by atoms with Gasteiger partial charge in [0.05, 0.1) is 5.69 Å². The monoisotopic (exact) mass is 561 g/mol. The normalized spacial score (nSPS) is 11.4. The van der Waals surface area contributed by atoms with Gasteiger partial charge in [-0.25, -0.2) is 9.67 Å². The number of carbonyl (C=O) groups is 1. The molecule has 4 aromatic carbocycles. The molecule has 5 nitrogen and oxygen atoms in total. The molecule has 5 aromatic rings. The van der Waals surface area contributed by atoms with Crippen LogP contribution >= 0.6 is 11.6 Å². The van der Waals surface area contributed by atoms with Gasteiger partial charge in [-0.1, -0.05) is 66.2 Å². The lowest BCUT2D eigenvalue weighted by atomic mass is 9.92. The third-order valence-electron chi connectivity index (χ3n) is 6.40. The maximum absolute atomic E-state index is 13.2. The molecular formula is C31H23ClF3N3O2. The molecule has 0 spiro atoms. The second-order valence-corrected chi connectivity index (χ2v) is 9.62. The molecule has 0 N–H and O–H groups in total. The highest BCUT2D eigenvalue weighted by Gasteiger charge is 2.31. The number of alkyl halides is 3. The Kier molecular flexibility index (Phi) is 7.71. The SMILES string of the molecule is Cc1ccc(Cl)cc1-c1ccccc1C(=O)CCc1ccc(-c2ncn(-c3ccc(OC(F)(F)F)cc3)n2)cc1. The summed E-state index contributed by atoms with van der Waals surface area (Å²) in [6.07, 6.45) is -2.35. The van der Waals surface area contributed by atoms with E-state index in [1.807, 2.05) is 73.7 Å². The number of ether oxygens (including phenoxy) is 1. The molecule has 40 heavy (non-hydrogen) atoms. The zero-order valence-electron chi connectivity index (χ0n) is 21.3. The van der Waals surface area contributed by atoms with E-state index < -0.39 is 6.36 Å². The zero-order chi connectivity index (χ0) is 28.3. The lowest BCUT2D eigenvalue weighted by Gasteiger charge is -2.12. The van der Waals surface area contributed by atoms with Crippen LogP contribution in [0.5, 0.6) is 5.75 Å². The van der Waals surface area contributed by atoms with Crippen LogP contribution in [0.25, 0.3) is 28.2 Å². The quantitative estimate of drug-likeness (QED) is 0.179. The van der Waals surface area contributed by atoms with Gasteiger partial charge in [0.1, 0.15) is 12.1 Å². The van der Waals surface area contributed by atoms with Crippen LogP contribution in [0.2, 0.25) is 5.02 Å². The summed E-state index contributed by atoms with van der Waals surface area (Å²) in [6.45, 7) is 2.00. The summed E-state index contributed by atoms with van der Waals surface area (Å²) >= 11 is 6.22. The molecule has 0 saturated heterocycles. The van der Waals surface area contributed by atoms with Crippen LogP contribution in [0.15, 0.2) is 97.3 Å². The Morgan fingerprint density at radius 3 is 2.38 bits per heavy atom. The molecule has 0 radical (unpaired) electrons. The summed E-state index contributed by atoms with van der Waals surface area (Å²) in [5.41, 5.74) is 5.82. The van der Waals surface area contributed by atoms with Gasteiger partial charge >= 0.3 is 6.36 Å². The largest absolute Gasteiger partial charge is 0.573 e. The topological polar surface area (TPSA) is 57.0 Å². The number of benzene rings is 4. The number of carbonyl (C=O) groups excluding carboxylic acids is 1. The average molecular weight is 562 g/mol. The fourth-order valence-corrected chi connectivity index (χ4v) is 4.55. The molecule has 1 aromatic heterocycles. The molecule has 0 atom stereocenters. The molecular weight excluding hydrogens is 539 g/mol. The van der Waals surface area contributed by atoms with Crippen molar-refractivity contribution >= 4 is 17.4 Å². The summed E-state index contributed by atoms with van der Waals surface area (Å²) in [5, 5.41) is 5.05. The molecule has 0 aliphatic heterocycles. The molecule has 0 bridgehead atoms. The van der Waals surface area contributed by atoms with E-state index >= 15 is 0 Å². The molecule has 0 saturated carbocycles. The van der Waals surface area contributed by atoms with Crippen LogP contribution in [0, 0.1) is 6.92 Å². The Bertz CT molecular complexity index is 1650. The van der Waals surface area contributed by atoms with Crippen molar-refractivity contribution in [3.63, 3.8) is 0 Å². The van der Waals surface area contributed by atoms with Gasteiger partial charge in [0.15, 0.2) is 11.6 Å². The smallest absolute Gasteiger partial charge is 0.406 e. The van der Waals surface area contributed by atoms with E-state index in [2.05, 4.69) is 14.8 Å². The molecule has 0 unspecified atom stereocenters. The van der Waals surface area contributed by atoms with E-state index in [-0.39, 0.29) is 11.5 Å². The Hall–Kier alpha value is -4.43. The van der Waals surface area contributed by atoms with E-state index in [0.29, 0.717) is 34.9 Å². The first-order valence-electron chi connectivity index (χ1n) is 12.4. The van der Waals surface area contributed by atoms with Crippen LogP contribution < -0.4 is 4.74 Å². The van der Waals surface area contributed by atoms with Gasteiger partial charge in [0.2, 0.25) is 0 Å². The summed E-state index contributed by atoms with van der Waals surface area (Å²) in [6, 6.07) is 26.2. The van der Waals surface area contributed by atoms with Gasteiger partial charge in [-0.05, 0) is 72.0 Å². The Morgan fingerprint density at radius 1 is 0.925 bits per heavy atom. The molecule has 0 aliphatic rings. The molecule has 9 heteroatoms. The van der Waals surface area contributed by atoms with Crippen molar-refractivity contribution in [2.45, 2.75) is 26.1 Å². The van der Waals surface area contributed by atoms with Gasteiger partial charge < -0.3 is 4.74 Å².